The van der Waals surface area contributed by atoms with Crippen LogP contribution in [0.3, 0.4) is 0 Å². The molecule has 0 radical (unpaired) electrons. The number of carbonyl (C=O) groups is 2. The number of anilines is 2. The monoisotopic (exact) mass is 777 g/mol. The molecule has 0 unspecified atom stereocenters. The number of aromatic nitrogens is 4. The van der Waals surface area contributed by atoms with Crippen LogP contribution in [0.2, 0.25) is 0 Å². The molecule has 19 heteroatoms. The van der Waals surface area contributed by atoms with E-state index in [0.29, 0.717) is 53.8 Å². The number of pyridine rings is 1. The SMILES string of the molecule is CN(CCCC(C)(C)OC(=O)C1CCN(c2ncc(B(O)O)cn2)CC1)S(=O)(=O)Nc1ccc(F)c(C(=O)c2c[nH]c3ncc(Br)cc23)c1F. The summed E-state index contributed by atoms with van der Waals surface area (Å²) in [6.07, 6.45) is 7.03. The second-order valence-corrected chi connectivity index (χ2v) is 15.2. The third kappa shape index (κ3) is 8.46. The quantitative estimate of drug-likeness (QED) is 0.0887. The summed E-state index contributed by atoms with van der Waals surface area (Å²) >= 11 is 3.26. The summed E-state index contributed by atoms with van der Waals surface area (Å²) in [6.45, 7) is 4.44. The second kappa shape index (κ2) is 15.1. The second-order valence-electron chi connectivity index (χ2n) is 12.5. The van der Waals surface area contributed by atoms with Crippen molar-refractivity contribution in [2.75, 3.05) is 36.3 Å². The van der Waals surface area contributed by atoms with Crippen LogP contribution in [0.25, 0.3) is 11.0 Å². The minimum atomic E-state index is -4.34. The lowest BCUT2D eigenvalue weighted by Crippen LogP contribution is -2.41. The van der Waals surface area contributed by atoms with Crippen LogP contribution in [-0.4, -0.2) is 93.9 Å². The molecular formula is C31H35BBrF2N7O7S. The summed E-state index contributed by atoms with van der Waals surface area (Å²) < 4.78 is 66.0. The standard InChI is InChI=1S/C31H35BBrF2N7O7S/c1-31(2,49-29(44)18-7-11-42(12-8-18)30-38-14-19(15-39-30)32(45)46)9-4-10-41(3)50(47,48)40-24-6-5-23(34)25(26(24)35)27(43)22-17-37-28-21(22)13-20(33)16-36-28/h5-6,13-18,40,45-46H,4,7-12H2,1-3H3,(H,36,37). The normalized spacial score (nSPS) is 14.3. The average Bonchev–Trinajstić information content (AvgIpc) is 3.49. The maximum absolute atomic E-state index is 15.6. The Morgan fingerprint density at radius 1 is 1.16 bits per heavy atom. The van der Waals surface area contributed by atoms with Gasteiger partial charge in [-0.1, -0.05) is 0 Å². The van der Waals surface area contributed by atoms with E-state index in [2.05, 4.69) is 40.6 Å². The number of hydrogen-bond donors (Lipinski definition) is 4. The van der Waals surface area contributed by atoms with Crippen molar-refractivity contribution in [3.8, 4) is 0 Å². The van der Waals surface area contributed by atoms with Gasteiger partial charge in [0.15, 0.2) is 5.82 Å². The van der Waals surface area contributed by atoms with Crippen molar-refractivity contribution in [2.45, 2.75) is 45.1 Å². The van der Waals surface area contributed by atoms with Gasteiger partial charge in [-0.2, -0.15) is 12.7 Å². The molecule has 1 aliphatic rings. The van der Waals surface area contributed by atoms with E-state index < -0.39 is 51.6 Å². The van der Waals surface area contributed by atoms with Crippen molar-refractivity contribution >= 4 is 73.1 Å². The van der Waals surface area contributed by atoms with Gasteiger partial charge in [-0.25, -0.2) is 23.7 Å². The molecule has 4 aromatic rings. The molecule has 4 heterocycles. The molecule has 50 heavy (non-hydrogen) atoms. The first kappa shape index (κ1) is 37.2. The molecule has 0 aliphatic carbocycles. The number of rotatable bonds is 13. The maximum Gasteiger partial charge on any atom is 0.491 e. The third-order valence-electron chi connectivity index (χ3n) is 8.41. The largest absolute Gasteiger partial charge is 0.491 e. The Hall–Kier alpha value is -4.04. The molecule has 0 saturated carbocycles. The fourth-order valence-corrected chi connectivity index (χ4v) is 6.85. The number of ether oxygens (including phenoxy) is 1. The molecule has 1 saturated heterocycles. The first-order valence-electron chi connectivity index (χ1n) is 15.6. The number of H-pyrrole nitrogens is 1. The van der Waals surface area contributed by atoms with Gasteiger partial charge in [-0.15, -0.1) is 0 Å². The lowest BCUT2D eigenvalue weighted by atomic mass is 9.83. The number of halogens is 3. The van der Waals surface area contributed by atoms with Gasteiger partial charge in [0.2, 0.25) is 11.7 Å². The van der Waals surface area contributed by atoms with Gasteiger partial charge in [0, 0.05) is 72.4 Å². The first-order chi connectivity index (χ1) is 23.6. The van der Waals surface area contributed by atoms with Gasteiger partial charge in [-0.3, -0.25) is 14.3 Å². The van der Waals surface area contributed by atoms with Crippen molar-refractivity contribution in [1.29, 1.82) is 0 Å². The van der Waals surface area contributed by atoms with Gasteiger partial charge in [0.25, 0.3) is 0 Å². The minimum Gasteiger partial charge on any atom is -0.459 e. The highest BCUT2D eigenvalue weighted by molar-refractivity contribution is 9.10. The Morgan fingerprint density at radius 2 is 1.84 bits per heavy atom. The Balaban J connectivity index is 1.14. The highest BCUT2D eigenvalue weighted by atomic mass is 79.9. The molecule has 0 spiro atoms. The van der Waals surface area contributed by atoms with E-state index in [4.69, 9.17) is 4.74 Å². The van der Waals surface area contributed by atoms with Gasteiger partial charge in [-0.05, 0) is 73.7 Å². The van der Waals surface area contributed by atoms with Crippen LogP contribution in [0.1, 0.15) is 55.5 Å². The summed E-state index contributed by atoms with van der Waals surface area (Å²) in [4.78, 5) is 43.3. The molecule has 1 aliphatic heterocycles. The lowest BCUT2D eigenvalue weighted by Gasteiger charge is -2.33. The van der Waals surface area contributed by atoms with Gasteiger partial charge >= 0.3 is 23.3 Å². The number of aromatic amines is 1. The van der Waals surface area contributed by atoms with Crippen molar-refractivity contribution in [3.05, 3.63) is 70.2 Å². The Labute approximate surface area is 295 Å². The molecule has 1 fully saturated rings. The Bertz CT molecular complexity index is 1990. The smallest absolute Gasteiger partial charge is 0.459 e. The average molecular weight is 778 g/mol. The van der Waals surface area contributed by atoms with E-state index in [1.165, 1.54) is 31.8 Å². The van der Waals surface area contributed by atoms with Crippen LogP contribution >= 0.6 is 15.9 Å². The lowest BCUT2D eigenvalue weighted by molar-refractivity contribution is -0.163. The summed E-state index contributed by atoms with van der Waals surface area (Å²) in [5.41, 5.74) is -1.98. The van der Waals surface area contributed by atoms with Gasteiger partial charge in [0.1, 0.15) is 17.1 Å². The van der Waals surface area contributed by atoms with E-state index in [0.717, 1.165) is 16.4 Å². The van der Waals surface area contributed by atoms with Crippen LogP contribution in [0, 0.1) is 17.6 Å². The molecule has 14 nitrogen and oxygen atoms in total. The maximum atomic E-state index is 15.6. The summed E-state index contributed by atoms with van der Waals surface area (Å²) in [6, 6.07) is 3.28. The van der Waals surface area contributed by atoms with Gasteiger partial charge < -0.3 is 24.7 Å². The molecule has 266 valence electrons. The molecule has 0 bridgehead atoms. The van der Waals surface area contributed by atoms with Crippen LogP contribution < -0.4 is 15.1 Å². The Kier molecular flexibility index (Phi) is 11.2. The zero-order chi connectivity index (χ0) is 36.4. The predicted octanol–water partition coefficient (Wildman–Crippen LogP) is 2.91. The molecule has 0 amide bonds. The highest BCUT2D eigenvalue weighted by Crippen LogP contribution is 2.29. The van der Waals surface area contributed by atoms with Crippen LogP contribution in [0.4, 0.5) is 20.4 Å². The molecular weight excluding hydrogens is 743 g/mol. The van der Waals surface area contributed by atoms with E-state index in [9.17, 15) is 32.4 Å². The van der Waals surface area contributed by atoms with Gasteiger partial charge in [0.05, 0.1) is 17.2 Å². The third-order valence-corrected chi connectivity index (χ3v) is 10.3. The number of hydrogen-bond acceptors (Lipinski definition) is 11. The molecule has 3 aromatic heterocycles. The molecule has 0 atom stereocenters. The van der Waals surface area contributed by atoms with Crippen LogP contribution in [-0.2, 0) is 19.7 Å². The predicted molar refractivity (Wildman–Crippen MR) is 185 cm³/mol. The van der Waals surface area contributed by atoms with Crippen molar-refractivity contribution < 1.29 is 41.6 Å². The first-order valence-corrected chi connectivity index (χ1v) is 17.8. The van der Waals surface area contributed by atoms with Crippen LogP contribution in [0.15, 0.2) is 47.5 Å². The fourth-order valence-electron chi connectivity index (χ4n) is 5.55. The van der Waals surface area contributed by atoms with Crippen molar-refractivity contribution in [2.24, 2.45) is 5.92 Å². The summed E-state index contributed by atoms with van der Waals surface area (Å²) in [5, 5.41) is 18.8. The topological polar surface area (TPSA) is 191 Å². The number of piperidine rings is 1. The number of ketones is 1. The van der Waals surface area contributed by atoms with E-state index in [-0.39, 0.29) is 35.9 Å². The van der Waals surface area contributed by atoms with E-state index in [1.807, 2.05) is 4.90 Å². The van der Waals surface area contributed by atoms with E-state index >= 15 is 4.39 Å². The zero-order valence-electron chi connectivity index (χ0n) is 27.4. The number of nitrogens with one attached hydrogen (secondary N) is 2. The molecule has 5 rings (SSSR count). The fraction of sp³-hybridized carbons (Fsp3) is 0.387. The number of fused-ring (bicyclic) bond motifs is 1. The zero-order valence-corrected chi connectivity index (χ0v) is 29.8. The summed E-state index contributed by atoms with van der Waals surface area (Å²) in [5.74, 6) is -3.82. The van der Waals surface area contributed by atoms with E-state index in [1.54, 1.807) is 19.9 Å². The molecule has 1 aromatic carbocycles. The van der Waals surface area contributed by atoms with Crippen LogP contribution in [0.5, 0.6) is 0 Å². The minimum absolute atomic E-state index is 0.0212. The van der Waals surface area contributed by atoms with Crippen molar-refractivity contribution in [3.63, 3.8) is 0 Å². The summed E-state index contributed by atoms with van der Waals surface area (Å²) in [7, 11) is -4.72. The number of carbonyl (C=O) groups excluding carboxylic acids is 2. The van der Waals surface area contributed by atoms with Crippen molar-refractivity contribution in [1.82, 2.24) is 24.2 Å². The highest BCUT2D eigenvalue weighted by Gasteiger charge is 2.32. The number of esters is 1. The molecule has 4 N–H and O–H groups in total. The number of benzene rings is 1. The Morgan fingerprint density at radius 3 is 2.50 bits per heavy atom. The number of nitrogens with zero attached hydrogens (tertiary/aromatic N) is 5.